The Labute approximate surface area is 114 Å². The summed E-state index contributed by atoms with van der Waals surface area (Å²) in [5, 5.41) is 19.6. The van der Waals surface area contributed by atoms with Crippen molar-refractivity contribution >= 4 is 11.8 Å². The lowest BCUT2D eigenvalue weighted by Gasteiger charge is -2.08. The SMILES string of the molecule is Cc1c(SC#N)c(=O)n(-c2cccc(C#N)c2)n1C. The average molecular weight is 270 g/mol. The molecule has 2 aromatic rings. The van der Waals surface area contributed by atoms with Gasteiger partial charge in [-0.05, 0) is 36.9 Å². The van der Waals surface area contributed by atoms with Crippen molar-refractivity contribution in [3.05, 3.63) is 45.9 Å². The monoisotopic (exact) mass is 270 g/mol. The quantitative estimate of drug-likeness (QED) is 0.617. The number of benzene rings is 1. The van der Waals surface area contributed by atoms with Crippen LogP contribution in [0.4, 0.5) is 0 Å². The molecule has 1 aromatic heterocycles. The number of thioether (sulfide) groups is 1. The van der Waals surface area contributed by atoms with Crippen LogP contribution in [-0.2, 0) is 7.05 Å². The van der Waals surface area contributed by atoms with Crippen molar-refractivity contribution in [2.75, 3.05) is 0 Å². The summed E-state index contributed by atoms with van der Waals surface area (Å²) >= 11 is 0.855. The number of aromatic nitrogens is 2. The Morgan fingerprint density at radius 3 is 2.68 bits per heavy atom. The van der Waals surface area contributed by atoms with Gasteiger partial charge in [-0.1, -0.05) is 6.07 Å². The maximum atomic E-state index is 12.3. The van der Waals surface area contributed by atoms with Gasteiger partial charge in [0.05, 0.1) is 23.0 Å². The standard InChI is InChI=1S/C13H10N4OS/c1-9-12(19-8-15)13(18)17(16(9)2)11-5-3-4-10(6-11)7-14/h3-6H,1-2H3. The van der Waals surface area contributed by atoms with Crippen LogP contribution in [0.15, 0.2) is 34.0 Å². The van der Waals surface area contributed by atoms with Crippen molar-refractivity contribution in [3.63, 3.8) is 0 Å². The molecule has 6 heteroatoms. The highest BCUT2D eigenvalue weighted by molar-refractivity contribution is 8.03. The minimum atomic E-state index is -0.248. The average Bonchev–Trinajstić information content (AvgIpc) is 2.63. The van der Waals surface area contributed by atoms with E-state index in [2.05, 4.69) is 0 Å². The molecule has 0 amide bonds. The van der Waals surface area contributed by atoms with E-state index in [0.29, 0.717) is 16.1 Å². The van der Waals surface area contributed by atoms with Crippen LogP contribution >= 0.6 is 11.8 Å². The summed E-state index contributed by atoms with van der Waals surface area (Å²) in [6, 6.07) is 8.83. The second kappa shape index (κ2) is 5.05. The molecule has 2 rings (SSSR count). The summed E-state index contributed by atoms with van der Waals surface area (Å²) in [5.41, 5.74) is 1.57. The molecular weight excluding hydrogens is 260 g/mol. The second-order valence-electron chi connectivity index (χ2n) is 3.91. The molecule has 0 N–H and O–H groups in total. The van der Waals surface area contributed by atoms with E-state index in [-0.39, 0.29) is 5.56 Å². The fraction of sp³-hybridized carbons (Fsp3) is 0.154. The Kier molecular flexibility index (Phi) is 3.46. The largest absolute Gasteiger partial charge is 0.286 e. The minimum absolute atomic E-state index is 0.248. The van der Waals surface area contributed by atoms with Gasteiger partial charge in [-0.2, -0.15) is 10.5 Å². The molecule has 5 nitrogen and oxygen atoms in total. The summed E-state index contributed by atoms with van der Waals surface area (Å²) < 4.78 is 3.13. The van der Waals surface area contributed by atoms with Crippen LogP contribution in [0, 0.1) is 28.9 Å². The number of nitriles is 2. The van der Waals surface area contributed by atoms with Crippen LogP contribution in [0.3, 0.4) is 0 Å². The van der Waals surface area contributed by atoms with Crippen LogP contribution in [0.2, 0.25) is 0 Å². The first-order chi connectivity index (χ1) is 9.10. The van der Waals surface area contributed by atoms with E-state index >= 15 is 0 Å². The summed E-state index contributed by atoms with van der Waals surface area (Å²) in [5.74, 6) is 0. The van der Waals surface area contributed by atoms with E-state index < -0.39 is 0 Å². The zero-order chi connectivity index (χ0) is 14.0. The molecule has 0 spiro atoms. The fourth-order valence-electron chi connectivity index (χ4n) is 1.84. The number of hydrogen-bond donors (Lipinski definition) is 0. The van der Waals surface area contributed by atoms with Gasteiger partial charge in [-0.15, -0.1) is 0 Å². The van der Waals surface area contributed by atoms with E-state index in [9.17, 15) is 4.79 Å². The van der Waals surface area contributed by atoms with Gasteiger partial charge in [0.25, 0.3) is 5.56 Å². The van der Waals surface area contributed by atoms with E-state index in [1.165, 1.54) is 4.68 Å². The van der Waals surface area contributed by atoms with Crippen molar-refractivity contribution in [3.8, 4) is 17.2 Å². The molecule has 0 aliphatic carbocycles. The Hall–Kier alpha value is -2.44. The van der Waals surface area contributed by atoms with Gasteiger partial charge in [0.2, 0.25) is 0 Å². The van der Waals surface area contributed by atoms with Crippen LogP contribution in [0.25, 0.3) is 5.69 Å². The highest BCUT2D eigenvalue weighted by atomic mass is 32.2. The molecule has 94 valence electrons. The third-order valence-electron chi connectivity index (χ3n) is 2.87. The van der Waals surface area contributed by atoms with Gasteiger partial charge in [0, 0.05) is 7.05 Å². The Balaban J connectivity index is 2.70. The molecule has 0 fully saturated rings. The van der Waals surface area contributed by atoms with Crippen molar-refractivity contribution < 1.29 is 0 Å². The molecule has 1 heterocycles. The highest BCUT2D eigenvalue weighted by Gasteiger charge is 2.16. The summed E-state index contributed by atoms with van der Waals surface area (Å²) in [6.07, 6.45) is 0. The third kappa shape index (κ3) is 2.14. The topological polar surface area (TPSA) is 74.5 Å². The Morgan fingerprint density at radius 2 is 2.05 bits per heavy atom. The molecule has 1 aromatic carbocycles. The fourth-order valence-corrected chi connectivity index (χ4v) is 2.39. The minimum Gasteiger partial charge on any atom is -0.284 e. The van der Waals surface area contributed by atoms with E-state index in [4.69, 9.17) is 10.5 Å². The highest BCUT2D eigenvalue weighted by Crippen LogP contribution is 2.19. The smallest absolute Gasteiger partial charge is 0.284 e. The summed E-state index contributed by atoms with van der Waals surface area (Å²) in [6.45, 7) is 1.78. The lowest BCUT2D eigenvalue weighted by Crippen LogP contribution is -2.20. The first-order valence-corrected chi connectivity index (χ1v) is 6.27. The second-order valence-corrected chi connectivity index (χ2v) is 4.71. The molecule has 0 radical (unpaired) electrons. The molecule has 0 aliphatic heterocycles. The lowest BCUT2D eigenvalue weighted by atomic mass is 10.2. The van der Waals surface area contributed by atoms with Gasteiger partial charge in [0.1, 0.15) is 10.3 Å². The molecular formula is C13H10N4OS. The lowest BCUT2D eigenvalue weighted by molar-refractivity contribution is 0.629. The van der Waals surface area contributed by atoms with E-state index in [0.717, 1.165) is 17.5 Å². The van der Waals surface area contributed by atoms with Gasteiger partial charge >= 0.3 is 0 Å². The van der Waals surface area contributed by atoms with Crippen molar-refractivity contribution in [2.24, 2.45) is 7.05 Å². The Bertz CT molecular complexity index is 773. The predicted octanol–water partition coefficient (Wildman–Crippen LogP) is 1.93. The van der Waals surface area contributed by atoms with E-state index in [1.54, 1.807) is 42.9 Å². The number of rotatable bonds is 2. The Morgan fingerprint density at radius 1 is 1.32 bits per heavy atom. The third-order valence-corrected chi connectivity index (χ3v) is 3.63. The van der Waals surface area contributed by atoms with Crippen LogP contribution in [0.1, 0.15) is 11.3 Å². The zero-order valence-electron chi connectivity index (χ0n) is 10.4. The molecule has 0 saturated heterocycles. The molecule has 0 saturated carbocycles. The number of hydrogen-bond acceptors (Lipinski definition) is 4. The van der Waals surface area contributed by atoms with Crippen LogP contribution in [-0.4, -0.2) is 9.36 Å². The number of thiocyanates is 1. The summed E-state index contributed by atoms with van der Waals surface area (Å²) in [7, 11) is 1.75. The predicted molar refractivity (Wildman–Crippen MR) is 71.9 cm³/mol. The van der Waals surface area contributed by atoms with Crippen LogP contribution in [0.5, 0.6) is 0 Å². The number of nitrogens with zero attached hydrogens (tertiary/aromatic N) is 4. The molecule has 19 heavy (non-hydrogen) atoms. The van der Waals surface area contributed by atoms with E-state index in [1.807, 2.05) is 11.5 Å². The van der Waals surface area contributed by atoms with Crippen molar-refractivity contribution in [1.29, 1.82) is 10.5 Å². The molecule has 0 unspecified atom stereocenters. The zero-order valence-corrected chi connectivity index (χ0v) is 11.2. The van der Waals surface area contributed by atoms with Crippen LogP contribution < -0.4 is 5.56 Å². The van der Waals surface area contributed by atoms with Gasteiger partial charge < -0.3 is 0 Å². The first kappa shape index (κ1) is 13.0. The van der Waals surface area contributed by atoms with Crippen molar-refractivity contribution in [1.82, 2.24) is 9.36 Å². The molecule has 0 atom stereocenters. The molecule has 0 aliphatic rings. The molecule has 0 bridgehead atoms. The van der Waals surface area contributed by atoms with Crippen molar-refractivity contribution in [2.45, 2.75) is 11.8 Å². The van der Waals surface area contributed by atoms with Gasteiger partial charge in [-0.3, -0.25) is 9.48 Å². The summed E-state index contributed by atoms with van der Waals surface area (Å²) in [4.78, 5) is 12.7. The first-order valence-electron chi connectivity index (χ1n) is 5.45. The maximum Gasteiger partial charge on any atom is 0.286 e. The van der Waals surface area contributed by atoms with Gasteiger partial charge in [0.15, 0.2) is 0 Å². The normalized spacial score (nSPS) is 9.89. The maximum absolute atomic E-state index is 12.3. The van der Waals surface area contributed by atoms with Gasteiger partial charge in [-0.25, -0.2) is 4.68 Å².